The molecule has 0 aromatic heterocycles. The van der Waals surface area contributed by atoms with Gasteiger partial charge in [0.1, 0.15) is 12.6 Å². The zero-order valence-electron chi connectivity index (χ0n) is 14.4. The van der Waals surface area contributed by atoms with Gasteiger partial charge in [0.05, 0.1) is 18.1 Å². The second-order valence-electron chi connectivity index (χ2n) is 8.04. The molecule has 0 spiro atoms. The van der Waals surface area contributed by atoms with Gasteiger partial charge in [-0.05, 0) is 63.2 Å². The molecule has 3 N–H and O–H groups in total. The van der Waals surface area contributed by atoms with Crippen LogP contribution in [-0.2, 0) is 19.1 Å². The normalized spacial score (nSPS) is 36.2. The molecule has 4 aliphatic rings. The van der Waals surface area contributed by atoms with Gasteiger partial charge in [-0.25, -0.2) is 0 Å². The molecule has 0 aromatic carbocycles. The molecule has 0 aliphatic heterocycles. The van der Waals surface area contributed by atoms with Crippen molar-refractivity contribution < 1.29 is 24.2 Å². The highest BCUT2D eigenvalue weighted by Crippen LogP contribution is 2.60. The average Bonchev–Trinajstić information content (AvgIpc) is 2.51. The van der Waals surface area contributed by atoms with Crippen LogP contribution in [0.3, 0.4) is 0 Å². The molecule has 0 saturated heterocycles. The first-order valence-corrected chi connectivity index (χ1v) is 9.19. The van der Waals surface area contributed by atoms with Gasteiger partial charge in [0.25, 0.3) is 0 Å². The molecule has 4 rings (SSSR count). The third-order valence-electron chi connectivity index (χ3n) is 5.99. The maximum absolute atomic E-state index is 12.7. The summed E-state index contributed by atoms with van der Waals surface area (Å²) < 4.78 is 10.2. The Balaban J connectivity index is 1.48. The molecular formula is C18H29NO5. The highest BCUT2D eigenvalue weighted by atomic mass is 16.5. The zero-order valence-corrected chi connectivity index (χ0v) is 14.4. The number of hydrogen-bond donors (Lipinski definition) is 2. The number of nitrogens with two attached hydrogens (primary N) is 1. The summed E-state index contributed by atoms with van der Waals surface area (Å²) in [7, 11) is 0. The van der Waals surface area contributed by atoms with Crippen molar-refractivity contribution in [1.82, 2.24) is 0 Å². The molecule has 6 heteroatoms. The number of rotatable bonds is 7. The largest absolute Gasteiger partial charge is 0.465 e. The molecule has 4 aliphatic carbocycles. The first-order chi connectivity index (χ1) is 11.4. The number of hydrogen-bond acceptors (Lipinski definition) is 6. The van der Waals surface area contributed by atoms with Crippen LogP contribution in [-0.4, -0.2) is 42.4 Å². The molecule has 0 aromatic rings. The third-order valence-corrected chi connectivity index (χ3v) is 5.99. The number of aliphatic hydroxyl groups excluding tert-OH is 1. The van der Waals surface area contributed by atoms with Gasteiger partial charge >= 0.3 is 11.9 Å². The van der Waals surface area contributed by atoms with Crippen LogP contribution in [0.25, 0.3) is 0 Å². The van der Waals surface area contributed by atoms with E-state index in [9.17, 15) is 14.7 Å². The van der Waals surface area contributed by atoms with E-state index in [4.69, 9.17) is 15.2 Å². The first kappa shape index (κ1) is 17.7. The van der Waals surface area contributed by atoms with Crippen molar-refractivity contribution in [2.75, 3.05) is 13.2 Å². The summed E-state index contributed by atoms with van der Waals surface area (Å²) in [5.41, 5.74) is 5.36. The first-order valence-electron chi connectivity index (χ1n) is 9.19. The zero-order chi connectivity index (χ0) is 17.3. The lowest BCUT2D eigenvalue weighted by Crippen LogP contribution is -2.51. The monoisotopic (exact) mass is 339 g/mol. The van der Waals surface area contributed by atoms with E-state index in [0.29, 0.717) is 17.8 Å². The Hall–Kier alpha value is -1.14. The number of carbonyl (C=O) groups excluding carboxylic acids is 2. The highest BCUT2D eigenvalue weighted by Gasteiger charge is 2.55. The van der Waals surface area contributed by atoms with Crippen LogP contribution in [0.15, 0.2) is 0 Å². The Bertz CT molecular complexity index is 457. The van der Waals surface area contributed by atoms with Gasteiger partial charge in [0.15, 0.2) is 0 Å². The van der Waals surface area contributed by atoms with E-state index in [1.54, 1.807) is 6.92 Å². The minimum Gasteiger partial charge on any atom is -0.465 e. The highest BCUT2D eigenvalue weighted by molar-refractivity contribution is 5.77. The molecule has 4 saturated carbocycles. The fraction of sp³-hybridized carbons (Fsp3) is 0.889. The molecule has 0 amide bonds. The third kappa shape index (κ3) is 3.59. The van der Waals surface area contributed by atoms with Gasteiger partial charge in [-0.2, -0.15) is 0 Å². The van der Waals surface area contributed by atoms with Gasteiger partial charge in [0.2, 0.25) is 0 Å². The average molecular weight is 339 g/mol. The molecule has 24 heavy (non-hydrogen) atoms. The van der Waals surface area contributed by atoms with Crippen molar-refractivity contribution in [3.63, 3.8) is 0 Å². The Morgan fingerprint density at radius 2 is 1.67 bits per heavy atom. The smallest absolute Gasteiger partial charge is 0.322 e. The van der Waals surface area contributed by atoms with Gasteiger partial charge in [-0.1, -0.05) is 0 Å². The standard InChI is InChI=1S/C18H29NO5/c1-2-23-16(21)15(19)6-14(20)10-24-17(22)18-7-11-3-12(8-18)5-13(4-11)9-18/h11-15,20H,2-10,19H2,1H3/t11?,12?,13?,14-,15?,18?/m0/s1. The number of ether oxygens (including phenoxy) is 2. The Kier molecular flexibility index (Phi) is 5.16. The van der Waals surface area contributed by atoms with Crippen LogP contribution in [0.2, 0.25) is 0 Å². The number of esters is 2. The van der Waals surface area contributed by atoms with Crippen LogP contribution < -0.4 is 5.73 Å². The van der Waals surface area contributed by atoms with Gasteiger partial charge in [-0.3, -0.25) is 9.59 Å². The van der Waals surface area contributed by atoms with E-state index in [1.165, 1.54) is 19.3 Å². The summed E-state index contributed by atoms with van der Waals surface area (Å²) >= 11 is 0. The molecule has 136 valence electrons. The maximum atomic E-state index is 12.7. The molecule has 0 radical (unpaired) electrons. The molecular weight excluding hydrogens is 310 g/mol. The van der Waals surface area contributed by atoms with Crippen molar-refractivity contribution >= 4 is 11.9 Å². The van der Waals surface area contributed by atoms with E-state index in [-0.39, 0.29) is 31.0 Å². The van der Waals surface area contributed by atoms with Crippen molar-refractivity contribution in [2.24, 2.45) is 28.9 Å². The Morgan fingerprint density at radius 3 is 2.17 bits per heavy atom. The van der Waals surface area contributed by atoms with Crippen molar-refractivity contribution in [3.8, 4) is 0 Å². The fourth-order valence-corrected chi connectivity index (χ4v) is 5.39. The van der Waals surface area contributed by atoms with Crippen molar-refractivity contribution in [2.45, 2.75) is 64.0 Å². The van der Waals surface area contributed by atoms with Crippen LogP contribution in [0, 0.1) is 23.2 Å². The van der Waals surface area contributed by atoms with E-state index in [0.717, 1.165) is 19.3 Å². The lowest BCUT2D eigenvalue weighted by molar-refractivity contribution is -0.174. The second-order valence-corrected chi connectivity index (χ2v) is 8.04. The summed E-state index contributed by atoms with van der Waals surface area (Å²) in [6, 6.07) is -0.891. The minimum absolute atomic E-state index is 0.0347. The summed E-state index contributed by atoms with van der Waals surface area (Å²) in [5, 5.41) is 10.0. The van der Waals surface area contributed by atoms with E-state index in [2.05, 4.69) is 0 Å². The quantitative estimate of drug-likeness (QED) is 0.680. The summed E-state index contributed by atoms with van der Waals surface area (Å²) in [5.74, 6) is 1.32. The Morgan fingerprint density at radius 1 is 1.12 bits per heavy atom. The molecule has 6 nitrogen and oxygen atoms in total. The van der Waals surface area contributed by atoms with Crippen LogP contribution in [0.5, 0.6) is 0 Å². The SMILES string of the molecule is CCOC(=O)C(N)C[C@H](O)COC(=O)C12CC3CC(CC(C3)C1)C2. The number of carbonyl (C=O) groups is 2. The molecule has 2 atom stereocenters. The fourth-order valence-electron chi connectivity index (χ4n) is 5.39. The summed E-state index contributed by atoms with van der Waals surface area (Å²) in [6.07, 6.45) is 5.72. The lowest BCUT2D eigenvalue weighted by atomic mass is 9.49. The topological polar surface area (TPSA) is 98.8 Å². The summed E-state index contributed by atoms with van der Waals surface area (Å²) in [4.78, 5) is 24.1. The molecule has 4 bridgehead atoms. The molecule has 0 heterocycles. The molecule has 1 unspecified atom stereocenters. The predicted octanol–water partition coefficient (Wildman–Crippen LogP) is 1.39. The summed E-state index contributed by atoms with van der Waals surface area (Å²) in [6.45, 7) is 1.85. The van der Waals surface area contributed by atoms with Gasteiger partial charge in [-0.15, -0.1) is 0 Å². The van der Waals surface area contributed by atoms with E-state index < -0.39 is 18.1 Å². The van der Waals surface area contributed by atoms with Gasteiger partial charge < -0.3 is 20.3 Å². The molecule has 4 fully saturated rings. The van der Waals surface area contributed by atoms with Crippen molar-refractivity contribution in [1.29, 1.82) is 0 Å². The predicted molar refractivity (Wildman–Crippen MR) is 86.8 cm³/mol. The van der Waals surface area contributed by atoms with Gasteiger partial charge in [0, 0.05) is 6.42 Å². The Labute approximate surface area is 143 Å². The van der Waals surface area contributed by atoms with Crippen LogP contribution in [0.4, 0.5) is 0 Å². The van der Waals surface area contributed by atoms with Crippen LogP contribution >= 0.6 is 0 Å². The van der Waals surface area contributed by atoms with E-state index in [1.807, 2.05) is 0 Å². The maximum Gasteiger partial charge on any atom is 0.322 e. The van der Waals surface area contributed by atoms with E-state index >= 15 is 0 Å². The minimum atomic E-state index is -0.942. The number of aliphatic hydroxyl groups is 1. The van der Waals surface area contributed by atoms with Crippen LogP contribution in [0.1, 0.15) is 51.9 Å². The second kappa shape index (κ2) is 7.00. The van der Waals surface area contributed by atoms with Crippen molar-refractivity contribution in [3.05, 3.63) is 0 Å². The lowest BCUT2D eigenvalue weighted by Gasteiger charge is -2.55.